The first-order valence-corrected chi connectivity index (χ1v) is 7.21. The van der Waals surface area contributed by atoms with E-state index in [9.17, 15) is 17.9 Å². The quantitative estimate of drug-likeness (QED) is 0.902. The number of aliphatic hydroxyl groups is 1. The molecule has 4 nitrogen and oxygen atoms in total. The highest BCUT2D eigenvalue weighted by molar-refractivity contribution is 7.89. The third kappa shape index (κ3) is 2.15. The number of nitrogens with zero attached hydrogens (tertiary/aromatic N) is 1. The third-order valence-electron chi connectivity index (χ3n) is 3.38. The standard InChI is InChI=1S/C12H16FNO3S/c1-3-12(15)7-14(8-12)18(16,17)10-5-4-9(2)11(13)6-10/h4-6,15H,3,7-8H2,1-2H3. The molecule has 1 aliphatic heterocycles. The van der Waals surface area contributed by atoms with Crippen LogP contribution in [0.4, 0.5) is 4.39 Å². The van der Waals surface area contributed by atoms with Crippen LogP contribution in [0.2, 0.25) is 0 Å². The van der Waals surface area contributed by atoms with Crippen molar-refractivity contribution in [3.8, 4) is 0 Å². The number of sulfonamides is 1. The van der Waals surface area contributed by atoms with Crippen molar-refractivity contribution in [2.75, 3.05) is 13.1 Å². The first-order valence-electron chi connectivity index (χ1n) is 5.77. The monoisotopic (exact) mass is 273 g/mol. The van der Waals surface area contributed by atoms with Gasteiger partial charge >= 0.3 is 0 Å². The minimum absolute atomic E-state index is 0.0660. The number of rotatable bonds is 3. The molecule has 18 heavy (non-hydrogen) atoms. The van der Waals surface area contributed by atoms with E-state index in [0.717, 1.165) is 6.07 Å². The van der Waals surface area contributed by atoms with Crippen molar-refractivity contribution in [3.05, 3.63) is 29.6 Å². The number of β-amino-alcohol motifs (C(OH)–C–C–N with tert-alkyl or cyclic N) is 1. The van der Waals surface area contributed by atoms with Crippen molar-refractivity contribution in [2.45, 2.75) is 30.8 Å². The van der Waals surface area contributed by atoms with Gasteiger partial charge in [0, 0.05) is 13.1 Å². The summed E-state index contributed by atoms with van der Waals surface area (Å²) >= 11 is 0. The molecule has 6 heteroatoms. The van der Waals surface area contributed by atoms with Crippen molar-refractivity contribution in [2.24, 2.45) is 0 Å². The van der Waals surface area contributed by atoms with Gasteiger partial charge in [-0.05, 0) is 31.0 Å². The maximum Gasteiger partial charge on any atom is 0.243 e. The summed E-state index contributed by atoms with van der Waals surface area (Å²) in [6, 6.07) is 3.85. The minimum Gasteiger partial charge on any atom is -0.387 e. The van der Waals surface area contributed by atoms with Gasteiger partial charge < -0.3 is 5.11 Å². The van der Waals surface area contributed by atoms with Crippen molar-refractivity contribution in [1.29, 1.82) is 0 Å². The van der Waals surface area contributed by atoms with Gasteiger partial charge in [-0.3, -0.25) is 0 Å². The molecule has 0 saturated carbocycles. The molecule has 100 valence electrons. The van der Waals surface area contributed by atoms with Gasteiger partial charge in [0.15, 0.2) is 0 Å². The van der Waals surface area contributed by atoms with E-state index in [1.165, 1.54) is 16.4 Å². The Morgan fingerprint density at radius 2 is 2.06 bits per heavy atom. The topological polar surface area (TPSA) is 57.6 Å². The molecule has 1 aromatic carbocycles. The maximum absolute atomic E-state index is 13.4. The number of hydrogen-bond acceptors (Lipinski definition) is 3. The van der Waals surface area contributed by atoms with E-state index >= 15 is 0 Å². The van der Waals surface area contributed by atoms with E-state index in [1.54, 1.807) is 13.8 Å². The second-order valence-corrected chi connectivity index (χ2v) is 6.70. The predicted octanol–water partition coefficient (Wildman–Crippen LogP) is 1.28. The summed E-state index contributed by atoms with van der Waals surface area (Å²) in [5.41, 5.74) is -0.529. The van der Waals surface area contributed by atoms with Gasteiger partial charge in [-0.1, -0.05) is 13.0 Å². The van der Waals surface area contributed by atoms with Gasteiger partial charge in [-0.25, -0.2) is 12.8 Å². The second-order valence-electron chi connectivity index (χ2n) is 4.76. The Labute approximate surface area is 106 Å². The minimum atomic E-state index is -3.69. The largest absolute Gasteiger partial charge is 0.387 e. The molecule has 0 amide bonds. The molecule has 0 radical (unpaired) electrons. The van der Waals surface area contributed by atoms with Crippen LogP contribution in [0.3, 0.4) is 0 Å². The molecule has 0 unspecified atom stereocenters. The lowest BCUT2D eigenvalue weighted by Gasteiger charge is -2.44. The molecule has 1 aliphatic rings. The Balaban J connectivity index is 2.25. The summed E-state index contributed by atoms with van der Waals surface area (Å²) in [6.45, 7) is 3.52. The summed E-state index contributed by atoms with van der Waals surface area (Å²) in [7, 11) is -3.69. The smallest absolute Gasteiger partial charge is 0.243 e. The van der Waals surface area contributed by atoms with Crippen LogP contribution in [0, 0.1) is 12.7 Å². The molecular formula is C12H16FNO3S. The summed E-state index contributed by atoms with van der Waals surface area (Å²) in [6.07, 6.45) is 0.501. The molecular weight excluding hydrogens is 257 g/mol. The predicted molar refractivity (Wildman–Crippen MR) is 65.1 cm³/mol. The van der Waals surface area contributed by atoms with E-state index < -0.39 is 21.4 Å². The molecule has 2 rings (SSSR count). The molecule has 0 atom stereocenters. The summed E-state index contributed by atoms with van der Waals surface area (Å²) in [5.74, 6) is -0.539. The van der Waals surface area contributed by atoms with Crippen LogP contribution in [-0.2, 0) is 10.0 Å². The van der Waals surface area contributed by atoms with Crippen LogP contribution < -0.4 is 0 Å². The number of hydrogen-bond donors (Lipinski definition) is 1. The van der Waals surface area contributed by atoms with Crippen LogP contribution >= 0.6 is 0 Å². The number of aryl methyl sites for hydroxylation is 1. The van der Waals surface area contributed by atoms with Crippen LogP contribution in [0.5, 0.6) is 0 Å². The van der Waals surface area contributed by atoms with Gasteiger partial charge in [0.2, 0.25) is 10.0 Å². The Morgan fingerprint density at radius 3 is 2.56 bits per heavy atom. The Kier molecular flexibility index (Phi) is 3.21. The lowest BCUT2D eigenvalue weighted by Crippen LogP contribution is -2.62. The Hall–Kier alpha value is -0.980. The lowest BCUT2D eigenvalue weighted by atomic mass is 9.94. The van der Waals surface area contributed by atoms with E-state index in [-0.39, 0.29) is 18.0 Å². The van der Waals surface area contributed by atoms with E-state index in [1.807, 2.05) is 0 Å². The highest BCUT2D eigenvalue weighted by Crippen LogP contribution is 2.30. The van der Waals surface area contributed by atoms with Gasteiger partial charge in [-0.2, -0.15) is 4.31 Å². The fraction of sp³-hybridized carbons (Fsp3) is 0.500. The van der Waals surface area contributed by atoms with Crippen molar-refractivity contribution in [1.82, 2.24) is 4.31 Å². The third-order valence-corrected chi connectivity index (χ3v) is 5.17. The van der Waals surface area contributed by atoms with Gasteiger partial charge in [0.25, 0.3) is 0 Å². The summed E-state index contributed by atoms with van der Waals surface area (Å²) < 4.78 is 38.8. The van der Waals surface area contributed by atoms with Crippen LogP contribution in [0.1, 0.15) is 18.9 Å². The molecule has 1 N–H and O–H groups in total. The zero-order valence-corrected chi connectivity index (χ0v) is 11.2. The second kappa shape index (κ2) is 4.29. The SMILES string of the molecule is CCC1(O)CN(S(=O)(=O)c2ccc(C)c(F)c2)C1. The average molecular weight is 273 g/mol. The lowest BCUT2D eigenvalue weighted by molar-refractivity contribution is -0.0613. The molecule has 1 heterocycles. The first-order chi connectivity index (χ1) is 8.28. The zero-order valence-electron chi connectivity index (χ0n) is 10.4. The Bertz CT molecular complexity index is 565. The molecule has 1 fully saturated rings. The molecule has 0 aromatic heterocycles. The van der Waals surface area contributed by atoms with Crippen LogP contribution in [-0.4, -0.2) is 36.5 Å². The van der Waals surface area contributed by atoms with E-state index in [4.69, 9.17) is 0 Å². The van der Waals surface area contributed by atoms with Gasteiger partial charge in [0.05, 0.1) is 10.5 Å². The fourth-order valence-electron chi connectivity index (χ4n) is 1.89. The van der Waals surface area contributed by atoms with Crippen molar-refractivity contribution >= 4 is 10.0 Å². The molecule has 0 bridgehead atoms. The zero-order chi connectivity index (χ0) is 13.6. The number of halogens is 1. The highest BCUT2D eigenvalue weighted by Gasteiger charge is 2.46. The van der Waals surface area contributed by atoms with Gasteiger partial charge in [-0.15, -0.1) is 0 Å². The molecule has 1 aromatic rings. The van der Waals surface area contributed by atoms with E-state index in [2.05, 4.69) is 0 Å². The van der Waals surface area contributed by atoms with Crippen LogP contribution in [0.15, 0.2) is 23.1 Å². The maximum atomic E-state index is 13.4. The number of benzene rings is 1. The highest BCUT2D eigenvalue weighted by atomic mass is 32.2. The van der Waals surface area contributed by atoms with Crippen molar-refractivity contribution in [3.63, 3.8) is 0 Å². The molecule has 1 saturated heterocycles. The van der Waals surface area contributed by atoms with Crippen molar-refractivity contribution < 1.29 is 17.9 Å². The first kappa shape index (κ1) is 13.5. The summed E-state index contributed by atoms with van der Waals surface area (Å²) in [4.78, 5) is -0.0660. The van der Waals surface area contributed by atoms with E-state index in [0.29, 0.717) is 12.0 Å². The normalized spacial score (nSPS) is 19.6. The molecule has 0 aliphatic carbocycles. The fourth-order valence-corrected chi connectivity index (χ4v) is 3.50. The van der Waals surface area contributed by atoms with Crippen LogP contribution in [0.25, 0.3) is 0 Å². The Morgan fingerprint density at radius 1 is 1.44 bits per heavy atom. The average Bonchev–Trinajstić information content (AvgIpc) is 2.28. The molecule has 0 spiro atoms. The van der Waals surface area contributed by atoms with Gasteiger partial charge in [0.1, 0.15) is 5.82 Å². The summed E-state index contributed by atoms with van der Waals surface area (Å²) in [5, 5.41) is 9.82.